The minimum absolute atomic E-state index is 0.474. The number of methoxy groups -OCH3 is 1. The van der Waals surface area contributed by atoms with Crippen LogP contribution < -0.4 is 4.74 Å². The van der Waals surface area contributed by atoms with E-state index in [2.05, 4.69) is 15.9 Å². The second kappa shape index (κ2) is 3.92. The van der Waals surface area contributed by atoms with Crippen LogP contribution >= 0.6 is 27.5 Å². The van der Waals surface area contributed by atoms with Crippen LogP contribution in [0, 0.1) is 0 Å². The normalized spacial score (nSPS) is 9.58. The molecule has 0 spiro atoms. The second-order valence-corrected chi connectivity index (χ2v) is 3.41. The maximum Gasteiger partial charge on any atom is 0.154 e. The molecule has 0 unspecified atom stereocenters. The SMILES string of the molecule is COc1cc(Cl)cc(Br)c1C=O. The maximum absolute atomic E-state index is 10.6. The van der Waals surface area contributed by atoms with Crippen molar-refractivity contribution in [1.82, 2.24) is 0 Å². The summed E-state index contributed by atoms with van der Waals surface area (Å²) in [4.78, 5) is 10.6. The highest BCUT2D eigenvalue weighted by atomic mass is 79.9. The Balaban J connectivity index is 3.33. The van der Waals surface area contributed by atoms with Crippen molar-refractivity contribution in [3.8, 4) is 5.75 Å². The van der Waals surface area contributed by atoms with Gasteiger partial charge in [0.1, 0.15) is 5.75 Å². The van der Waals surface area contributed by atoms with Crippen molar-refractivity contribution in [3.05, 3.63) is 27.2 Å². The highest BCUT2D eigenvalue weighted by Crippen LogP contribution is 2.29. The number of ether oxygens (including phenoxy) is 1. The van der Waals surface area contributed by atoms with E-state index < -0.39 is 0 Å². The van der Waals surface area contributed by atoms with Gasteiger partial charge in [0.05, 0.1) is 12.7 Å². The van der Waals surface area contributed by atoms with Gasteiger partial charge < -0.3 is 4.74 Å². The van der Waals surface area contributed by atoms with E-state index in [0.29, 0.717) is 20.8 Å². The summed E-state index contributed by atoms with van der Waals surface area (Å²) in [5.41, 5.74) is 0.474. The zero-order valence-corrected chi connectivity index (χ0v) is 8.65. The molecule has 0 aliphatic rings. The van der Waals surface area contributed by atoms with Crippen LogP contribution in [0.4, 0.5) is 0 Å². The Morgan fingerprint density at radius 1 is 1.58 bits per heavy atom. The zero-order valence-electron chi connectivity index (χ0n) is 6.30. The van der Waals surface area contributed by atoms with E-state index in [9.17, 15) is 4.79 Å². The smallest absolute Gasteiger partial charge is 0.154 e. The van der Waals surface area contributed by atoms with Crippen molar-refractivity contribution >= 4 is 33.8 Å². The second-order valence-electron chi connectivity index (χ2n) is 2.12. The lowest BCUT2D eigenvalue weighted by Gasteiger charge is -2.05. The van der Waals surface area contributed by atoms with Crippen molar-refractivity contribution < 1.29 is 9.53 Å². The van der Waals surface area contributed by atoms with Crippen LogP contribution in [0.25, 0.3) is 0 Å². The Morgan fingerprint density at radius 3 is 2.75 bits per heavy atom. The summed E-state index contributed by atoms with van der Waals surface area (Å²) < 4.78 is 5.59. The van der Waals surface area contributed by atoms with E-state index in [1.165, 1.54) is 7.11 Å². The van der Waals surface area contributed by atoms with Gasteiger partial charge >= 0.3 is 0 Å². The van der Waals surface area contributed by atoms with Gasteiger partial charge in [-0.05, 0) is 28.1 Å². The molecule has 0 aliphatic carbocycles. The summed E-state index contributed by atoms with van der Waals surface area (Å²) >= 11 is 8.94. The average Bonchev–Trinajstić information content (AvgIpc) is 2.03. The fourth-order valence-electron chi connectivity index (χ4n) is 0.844. The first-order valence-corrected chi connectivity index (χ1v) is 4.34. The fraction of sp³-hybridized carbons (Fsp3) is 0.125. The molecule has 0 amide bonds. The Bertz CT molecular complexity index is 312. The van der Waals surface area contributed by atoms with Crippen molar-refractivity contribution in [1.29, 1.82) is 0 Å². The molecule has 0 bridgehead atoms. The van der Waals surface area contributed by atoms with Crippen LogP contribution in [0.15, 0.2) is 16.6 Å². The number of halogens is 2. The van der Waals surface area contributed by atoms with E-state index in [1.807, 2.05) is 0 Å². The molecule has 0 heterocycles. The molecular formula is C8H6BrClO2. The topological polar surface area (TPSA) is 26.3 Å². The van der Waals surface area contributed by atoms with Gasteiger partial charge in [0, 0.05) is 9.50 Å². The van der Waals surface area contributed by atoms with Crippen LogP contribution in [0.5, 0.6) is 5.75 Å². The molecule has 0 aliphatic heterocycles. The summed E-state index contributed by atoms with van der Waals surface area (Å²) in [7, 11) is 1.49. The first kappa shape index (κ1) is 9.55. The van der Waals surface area contributed by atoms with Crippen LogP contribution in [0.2, 0.25) is 5.02 Å². The molecule has 0 fully saturated rings. The van der Waals surface area contributed by atoms with E-state index in [-0.39, 0.29) is 0 Å². The molecule has 0 saturated carbocycles. The predicted octanol–water partition coefficient (Wildman–Crippen LogP) is 2.92. The molecule has 0 aromatic heterocycles. The molecule has 1 aromatic rings. The third-order valence-corrected chi connectivity index (χ3v) is 2.27. The molecule has 2 nitrogen and oxygen atoms in total. The molecule has 1 aromatic carbocycles. The van der Waals surface area contributed by atoms with Crippen LogP contribution in [-0.4, -0.2) is 13.4 Å². The third-order valence-electron chi connectivity index (χ3n) is 1.39. The Hall–Kier alpha value is -0.540. The molecule has 0 atom stereocenters. The zero-order chi connectivity index (χ0) is 9.14. The standard InChI is InChI=1S/C8H6BrClO2/c1-12-8-3-5(10)2-7(9)6(8)4-11/h2-4H,1H3. The average molecular weight is 249 g/mol. The van der Waals surface area contributed by atoms with E-state index >= 15 is 0 Å². The number of aldehydes is 1. The van der Waals surface area contributed by atoms with Gasteiger partial charge in [-0.3, -0.25) is 4.79 Å². The minimum atomic E-state index is 0.474. The lowest BCUT2D eigenvalue weighted by molar-refractivity contribution is 0.112. The molecular weight excluding hydrogens is 243 g/mol. The van der Waals surface area contributed by atoms with Crippen molar-refractivity contribution in [2.45, 2.75) is 0 Å². The summed E-state index contributed by atoms with van der Waals surface area (Å²) in [5, 5.41) is 0.532. The summed E-state index contributed by atoms with van der Waals surface area (Å²) in [6.07, 6.45) is 0.721. The molecule has 12 heavy (non-hydrogen) atoms. The summed E-state index contributed by atoms with van der Waals surface area (Å²) in [6, 6.07) is 3.24. The minimum Gasteiger partial charge on any atom is -0.496 e. The largest absolute Gasteiger partial charge is 0.496 e. The monoisotopic (exact) mass is 248 g/mol. The Labute approximate surface area is 83.6 Å². The number of carbonyl (C=O) groups excluding carboxylic acids is 1. The molecule has 0 N–H and O–H groups in total. The highest BCUT2D eigenvalue weighted by molar-refractivity contribution is 9.10. The van der Waals surface area contributed by atoms with Gasteiger partial charge in [-0.25, -0.2) is 0 Å². The third kappa shape index (κ3) is 1.79. The molecule has 0 radical (unpaired) electrons. The molecule has 4 heteroatoms. The highest BCUT2D eigenvalue weighted by Gasteiger charge is 2.07. The summed E-state index contributed by atoms with van der Waals surface area (Å²) in [6.45, 7) is 0. The van der Waals surface area contributed by atoms with E-state index in [0.717, 1.165) is 6.29 Å². The van der Waals surface area contributed by atoms with Gasteiger partial charge in [-0.1, -0.05) is 11.6 Å². The molecule has 64 valence electrons. The number of hydrogen-bond acceptors (Lipinski definition) is 2. The van der Waals surface area contributed by atoms with Crippen LogP contribution in [0.3, 0.4) is 0 Å². The van der Waals surface area contributed by atoms with Crippen molar-refractivity contribution in [3.63, 3.8) is 0 Å². The number of rotatable bonds is 2. The lowest BCUT2D eigenvalue weighted by atomic mass is 10.2. The van der Waals surface area contributed by atoms with E-state index in [4.69, 9.17) is 16.3 Å². The first-order valence-electron chi connectivity index (χ1n) is 3.17. The number of carbonyl (C=O) groups is 1. The predicted molar refractivity (Wildman–Crippen MR) is 51.1 cm³/mol. The molecule has 1 rings (SSSR count). The van der Waals surface area contributed by atoms with Crippen LogP contribution in [0.1, 0.15) is 10.4 Å². The number of benzene rings is 1. The van der Waals surface area contributed by atoms with Crippen LogP contribution in [-0.2, 0) is 0 Å². The van der Waals surface area contributed by atoms with Gasteiger partial charge in [-0.2, -0.15) is 0 Å². The van der Waals surface area contributed by atoms with Gasteiger partial charge in [-0.15, -0.1) is 0 Å². The fourth-order valence-corrected chi connectivity index (χ4v) is 1.72. The lowest BCUT2D eigenvalue weighted by Crippen LogP contribution is -1.91. The Morgan fingerprint density at radius 2 is 2.25 bits per heavy atom. The van der Waals surface area contributed by atoms with Crippen molar-refractivity contribution in [2.24, 2.45) is 0 Å². The first-order chi connectivity index (χ1) is 5.69. The number of hydrogen-bond donors (Lipinski definition) is 0. The van der Waals surface area contributed by atoms with E-state index in [1.54, 1.807) is 12.1 Å². The Kier molecular flexibility index (Phi) is 3.12. The van der Waals surface area contributed by atoms with Gasteiger partial charge in [0.15, 0.2) is 6.29 Å². The van der Waals surface area contributed by atoms with Gasteiger partial charge in [0.2, 0.25) is 0 Å². The maximum atomic E-state index is 10.6. The van der Waals surface area contributed by atoms with Gasteiger partial charge in [0.25, 0.3) is 0 Å². The van der Waals surface area contributed by atoms with Crippen molar-refractivity contribution in [2.75, 3.05) is 7.11 Å². The summed E-state index contributed by atoms with van der Waals surface area (Å²) in [5.74, 6) is 0.476. The quantitative estimate of drug-likeness (QED) is 0.753. The molecule has 0 saturated heterocycles.